The Morgan fingerprint density at radius 2 is 2.00 bits per heavy atom. The Balaban J connectivity index is 0.00000225. The van der Waals surface area contributed by atoms with Gasteiger partial charge in [-0.2, -0.15) is 0 Å². The molecule has 0 unspecified atom stereocenters. The van der Waals surface area contributed by atoms with Crippen molar-refractivity contribution >= 4 is 5.91 Å². The van der Waals surface area contributed by atoms with Crippen molar-refractivity contribution in [1.82, 2.24) is 15.3 Å². The highest BCUT2D eigenvalue weighted by molar-refractivity contribution is 5.92. The van der Waals surface area contributed by atoms with Crippen LogP contribution in [0.3, 0.4) is 0 Å². The smallest absolute Gasteiger partial charge is 0.271 e. The molecule has 1 aromatic rings. The quantitative estimate of drug-likeness (QED) is 0.828. The van der Waals surface area contributed by atoms with E-state index in [0.29, 0.717) is 5.69 Å². The van der Waals surface area contributed by atoms with Gasteiger partial charge in [0.1, 0.15) is 5.69 Å². The molecule has 84 valence electrons. The Labute approximate surface area is 91.6 Å². The van der Waals surface area contributed by atoms with Crippen molar-refractivity contribution in [1.29, 1.82) is 0 Å². The Bertz CT molecular complexity index is 353. The summed E-state index contributed by atoms with van der Waals surface area (Å²) in [4.78, 5) is 19.9. The maximum atomic E-state index is 11.6. The van der Waals surface area contributed by atoms with E-state index in [4.69, 9.17) is 0 Å². The first-order chi connectivity index (χ1) is 7.00. The summed E-state index contributed by atoms with van der Waals surface area (Å²) < 4.78 is 0. The number of carbonyl (C=O) groups excluding carboxylic acids is 1. The second-order valence-corrected chi connectivity index (χ2v) is 4.11. The number of carbonyl (C=O) groups is 1. The maximum Gasteiger partial charge on any atom is 0.271 e. The summed E-state index contributed by atoms with van der Waals surface area (Å²) in [5.74, 6) is 0.115. The number of hydrogen-bond donors (Lipinski definition) is 1. The molecule has 1 amide bonds. The first-order valence-electron chi connectivity index (χ1n) is 5.13. The third kappa shape index (κ3) is 3.31. The van der Waals surface area contributed by atoms with Gasteiger partial charge in [-0.3, -0.25) is 9.78 Å². The van der Waals surface area contributed by atoms with Gasteiger partial charge >= 0.3 is 0 Å². The van der Waals surface area contributed by atoms with Crippen LogP contribution in [0.4, 0.5) is 0 Å². The number of nitrogens with zero attached hydrogens (tertiary/aromatic N) is 2. The third-order valence-corrected chi connectivity index (χ3v) is 1.90. The van der Waals surface area contributed by atoms with Crippen LogP contribution >= 0.6 is 0 Å². The number of amides is 1. The van der Waals surface area contributed by atoms with Crippen LogP contribution in [-0.4, -0.2) is 21.9 Å². The van der Waals surface area contributed by atoms with Crippen LogP contribution in [0.1, 0.15) is 51.2 Å². The molecule has 0 aliphatic heterocycles. The minimum absolute atomic E-state index is 0. The molecule has 0 aliphatic rings. The van der Waals surface area contributed by atoms with E-state index in [2.05, 4.69) is 15.3 Å². The second kappa shape index (κ2) is 4.87. The average Bonchev–Trinajstić information content (AvgIpc) is 2.17. The largest absolute Gasteiger partial charge is 0.348 e. The number of nitrogens with one attached hydrogen (secondary N) is 1. The Morgan fingerprint density at radius 3 is 2.53 bits per heavy atom. The van der Waals surface area contributed by atoms with Gasteiger partial charge in [0.15, 0.2) is 0 Å². The molecule has 0 saturated heterocycles. The van der Waals surface area contributed by atoms with Crippen LogP contribution in [-0.2, 0) is 0 Å². The van der Waals surface area contributed by atoms with Crippen LogP contribution in [0.25, 0.3) is 0 Å². The molecule has 0 aliphatic carbocycles. The highest BCUT2D eigenvalue weighted by atomic mass is 16.1. The molecule has 0 bridgehead atoms. The summed E-state index contributed by atoms with van der Waals surface area (Å²) in [6.07, 6.45) is 3.18. The second-order valence-electron chi connectivity index (χ2n) is 4.11. The number of rotatable bonds is 3. The highest BCUT2D eigenvalue weighted by Crippen LogP contribution is 2.09. The van der Waals surface area contributed by atoms with Crippen molar-refractivity contribution in [3.63, 3.8) is 0 Å². The fourth-order valence-corrected chi connectivity index (χ4v) is 1.10. The van der Waals surface area contributed by atoms with Crippen LogP contribution in [0.15, 0.2) is 12.4 Å². The van der Waals surface area contributed by atoms with Gasteiger partial charge in [-0.05, 0) is 19.8 Å². The predicted octanol–water partition coefficient (Wildman–Crippen LogP) is 1.98. The van der Waals surface area contributed by atoms with Gasteiger partial charge in [0, 0.05) is 13.7 Å². The molecule has 0 saturated carbocycles. The van der Waals surface area contributed by atoms with Gasteiger partial charge in [0.05, 0.1) is 11.9 Å². The van der Waals surface area contributed by atoms with E-state index in [-0.39, 0.29) is 19.3 Å². The lowest BCUT2D eigenvalue weighted by atomic mass is 10.1. The lowest BCUT2D eigenvalue weighted by Gasteiger charge is -2.09. The number of hydrogen-bond acceptors (Lipinski definition) is 3. The van der Waals surface area contributed by atoms with Gasteiger partial charge in [0.25, 0.3) is 5.91 Å². The first-order valence-corrected chi connectivity index (χ1v) is 5.13. The monoisotopic (exact) mass is 209 g/mol. The van der Waals surface area contributed by atoms with Crippen LogP contribution < -0.4 is 5.32 Å². The molecule has 0 atom stereocenters. The molecule has 1 heterocycles. The molecule has 0 spiro atoms. The van der Waals surface area contributed by atoms with Crippen molar-refractivity contribution in [3.05, 3.63) is 23.8 Å². The van der Waals surface area contributed by atoms with E-state index < -0.39 is 0 Å². The summed E-state index contributed by atoms with van der Waals surface area (Å²) in [6, 6.07) is 0.113. The van der Waals surface area contributed by atoms with E-state index in [0.717, 1.165) is 5.69 Å². The number of aromatic nitrogens is 2. The van der Waals surface area contributed by atoms with Crippen LogP contribution in [0.5, 0.6) is 0 Å². The molecule has 4 nitrogen and oxygen atoms in total. The first kappa shape index (κ1) is 11.6. The van der Waals surface area contributed by atoms with Crippen molar-refractivity contribution in [2.24, 2.45) is 0 Å². The molecular formula is C11H19N3O. The third-order valence-electron chi connectivity index (χ3n) is 1.90. The van der Waals surface area contributed by atoms with Crippen LogP contribution in [0, 0.1) is 0 Å². The molecule has 1 N–H and O–H groups in total. The maximum absolute atomic E-state index is 11.6. The minimum Gasteiger partial charge on any atom is -0.348 e. The molecule has 0 aromatic carbocycles. The Morgan fingerprint density at radius 1 is 1.33 bits per heavy atom. The van der Waals surface area contributed by atoms with Crippen LogP contribution in [0.2, 0.25) is 0 Å². The molecule has 15 heavy (non-hydrogen) atoms. The Hall–Kier alpha value is -1.45. The Kier molecular flexibility index (Phi) is 3.77. The lowest BCUT2D eigenvalue weighted by Crippen LogP contribution is -2.31. The van der Waals surface area contributed by atoms with E-state index in [1.807, 2.05) is 27.7 Å². The molecule has 0 fully saturated rings. The van der Waals surface area contributed by atoms with Crippen molar-refractivity contribution in [2.75, 3.05) is 0 Å². The predicted molar refractivity (Wildman–Crippen MR) is 60.8 cm³/mol. The van der Waals surface area contributed by atoms with Crippen molar-refractivity contribution in [2.45, 2.75) is 39.7 Å². The van der Waals surface area contributed by atoms with E-state index in [1.54, 1.807) is 6.20 Å². The van der Waals surface area contributed by atoms with Gasteiger partial charge in [-0.15, -0.1) is 0 Å². The van der Waals surface area contributed by atoms with E-state index in [1.165, 1.54) is 6.20 Å². The zero-order chi connectivity index (χ0) is 11.4. The molecule has 1 rings (SSSR count). The molecular weight excluding hydrogens is 190 g/mol. The summed E-state index contributed by atoms with van der Waals surface area (Å²) in [6.45, 7) is 7.87. The molecule has 4 heteroatoms. The van der Waals surface area contributed by atoms with Crippen molar-refractivity contribution in [3.8, 4) is 0 Å². The van der Waals surface area contributed by atoms with E-state index >= 15 is 0 Å². The normalized spacial score (nSPS) is 10.8. The average molecular weight is 209 g/mol. The summed E-state index contributed by atoms with van der Waals surface area (Å²) in [5.41, 5.74) is 1.22. The van der Waals surface area contributed by atoms with Gasteiger partial charge in [-0.1, -0.05) is 13.8 Å². The lowest BCUT2D eigenvalue weighted by molar-refractivity contribution is 0.0937. The highest BCUT2D eigenvalue weighted by Gasteiger charge is 2.10. The SMILES string of the molecule is CC(C)NC(=O)c1cncc(C(C)C)n1.[HH]. The zero-order valence-corrected chi connectivity index (χ0v) is 9.61. The van der Waals surface area contributed by atoms with Gasteiger partial charge in [0.2, 0.25) is 0 Å². The molecule has 0 radical (unpaired) electrons. The van der Waals surface area contributed by atoms with Gasteiger partial charge < -0.3 is 5.32 Å². The fourth-order valence-electron chi connectivity index (χ4n) is 1.10. The van der Waals surface area contributed by atoms with Crippen molar-refractivity contribution < 1.29 is 6.22 Å². The fraction of sp³-hybridized carbons (Fsp3) is 0.545. The molecule has 1 aromatic heterocycles. The standard InChI is InChI=1S/C11H17N3O.H2/c1-7(2)9-5-12-6-10(14-9)11(15)13-8(3)4;/h5-8H,1-4H3,(H,13,15);1H. The summed E-state index contributed by atoms with van der Waals surface area (Å²) in [5, 5.41) is 2.78. The summed E-state index contributed by atoms with van der Waals surface area (Å²) in [7, 11) is 0. The topological polar surface area (TPSA) is 54.9 Å². The van der Waals surface area contributed by atoms with Gasteiger partial charge in [-0.25, -0.2) is 4.98 Å². The summed E-state index contributed by atoms with van der Waals surface area (Å²) >= 11 is 0. The minimum atomic E-state index is -0.167. The zero-order valence-electron chi connectivity index (χ0n) is 9.61. The van der Waals surface area contributed by atoms with E-state index in [9.17, 15) is 4.79 Å².